The molecule has 0 unspecified atom stereocenters. The molecule has 0 radical (unpaired) electrons. The Hall–Kier alpha value is -1.36. The summed E-state index contributed by atoms with van der Waals surface area (Å²) in [4.78, 5) is 0. The minimum atomic E-state index is -4.41. The number of quaternary nitrogens is 1. The predicted molar refractivity (Wildman–Crippen MR) is 131 cm³/mol. The number of hydrogen-bond acceptors (Lipinski definition) is 8. The summed E-state index contributed by atoms with van der Waals surface area (Å²) in [7, 11) is 2.82. The zero-order valence-electron chi connectivity index (χ0n) is 21.4. The van der Waals surface area contributed by atoms with Gasteiger partial charge in [0.05, 0.1) is 41.3 Å². The number of nitrogens with zero attached hydrogens (tertiary/aromatic N) is 2. The monoisotopic (exact) mass is 493 g/mol. The highest BCUT2D eigenvalue weighted by Gasteiger charge is 2.15. The van der Waals surface area contributed by atoms with Gasteiger partial charge in [0.1, 0.15) is 0 Å². The van der Waals surface area contributed by atoms with E-state index in [4.69, 9.17) is 4.52 Å². The molecule has 0 aliphatic heterocycles. The number of hydrogen-bond donors (Lipinski definition) is 2. The maximum absolute atomic E-state index is 10.2. The lowest BCUT2D eigenvalue weighted by molar-refractivity contribution is -0.868. The number of unbranched alkanes of at least 4 members (excludes halogenated alkanes) is 11. The Balaban J connectivity index is 0.00000150. The van der Waals surface area contributed by atoms with Gasteiger partial charge in [-0.3, -0.25) is 4.18 Å². The van der Waals surface area contributed by atoms with E-state index in [1.807, 2.05) is 0 Å². The van der Waals surface area contributed by atoms with Gasteiger partial charge in [0.25, 0.3) is 0 Å². The molecule has 1 heterocycles. The van der Waals surface area contributed by atoms with Crippen molar-refractivity contribution in [3.05, 3.63) is 5.76 Å². The zero-order chi connectivity index (χ0) is 25.2. The summed E-state index contributed by atoms with van der Waals surface area (Å²) >= 11 is 0. The van der Waals surface area contributed by atoms with Crippen LogP contribution in [0.15, 0.2) is 4.52 Å². The van der Waals surface area contributed by atoms with Crippen molar-refractivity contribution in [2.75, 3.05) is 46.7 Å². The van der Waals surface area contributed by atoms with Gasteiger partial charge in [0.2, 0.25) is 22.0 Å². The molecule has 0 aromatic carbocycles. The van der Waals surface area contributed by atoms with Crippen LogP contribution in [0.3, 0.4) is 0 Å². The maximum atomic E-state index is 10.2. The minimum absolute atomic E-state index is 0.194. The van der Waals surface area contributed by atoms with Crippen molar-refractivity contribution in [1.29, 1.82) is 0 Å². The van der Waals surface area contributed by atoms with Gasteiger partial charge >= 0.3 is 0 Å². The summed E-state index contributed by atoms with van der Waals surface area (Å²) < 4.78 is 37.2. The summed E-state index contributed by atoms with van der Waals surface area (Å²) in [5.41, 5.74) is 0. The molecule has 1 rings (SSSR count). The third kappa shape index (κ3) is 19.8. The van der Waals surface area contributed by atoms with E-state index in [0.717, 1.165) is 37.5 Å². The number of aryl methyl sites for hydroxylation is 1. The van der Waals surface area contributed by atoms with Crippen LogP contribution < -0.4 is 5.32 Å². The minimum Gasteiger partial charge on any atom is -0.726 e. The Labute approximate surface area is 201 Å². The molecule has 0 saturated carbocycles. The van der Waals surface area contributed by atoms with Crippen LogP contribution in [0.4, 0.5) is 5.82 Å². The quantitative estimate of drug-likeness (QED) is 0.129. The smallest absolute Gasteiger partial charge is 0.217 e. The Morgan fingerprint density at radius 1 is 0.970 bits per heavy atom. The lowest BCUT2D eigenvalue weighted by Crippen LogP contribution is -2.38. The van der Waals surface area contributed by atoms with Crippen LogP contribution >= 0.6 is 0 Å². The summed E-state index contributed by atoms with van der Waals surface area (Å²) in [6, 6.07) is 0. The normalized spacial score (nSPS) is 11.8. The molecule has 9 nitrogen and oxygen atoms in total. The maximum Gasteiger partial charge on any atom is 0.217 e. The lowest BCUT2D eigenvalue weighted by atomic mass is 10.0. The molecule has 0 atom stereocenters. The average molecular weight is 494 g/mol. The van der Waals surface area contributed by atoms with Gasteiger partial charge in [0, 0.05) is 6.42 Å². The van der Waals surface area contributed by atoms with E-state index in [2.05, 4.69) is 42.7 Å². The molecule has 0 fully saturated rings. The average Bonchev–Trinajstić information content (AvgIpc) is 3.07. The highest BCUT2D eigenvalue weighted by molar-refractivity contribution is 7.80. The van der Waals surface area contributed by atoms with E-state index in [1.165, 1.54) is 70.6 Å². The van der Waals surface area contributed by atoms with E-state index in [1.54, 1.807) is 0 Å². The highest BCUT2D eigenvalue weighted by atomic mass is 32.3. The van der Waals surface area contributed by atoms with E-state index in [0.29, 0.717) is 11.6 Å². The van der Waals surface area contributed by atoms with E-state index >= 15 is 0 Å². The van der Waals surface area contributed by atoms with Gasteiger partial charge in [-0.1, -0.05) is 82.7 Å². The Morgan fingerprint density at radius 2 is 1.42 bits per heavy atom. The van der Waals surface area contributed by atoms with E-state index in [9.17, 15) is 18.1 Å². The first kappa shape index (κ1) is 31.6. The SMILES string of the molecule is CCCCCCCCCCCCCCc1onc(NCC[N+](C)(C)C)c1O.COS(=O)(=O)[O-]. The van der Waals surface area contributed by atoms with Crippen molar-refractivity contribution in [3.8, 4) is 5.75 Å². The van der Waals surface area contributed by atoms with Crippen LogP contribution in [-0.2, 0) is 21.0 Å². The fourth-order valence-corrected chi connectivity index (χ4v) is 3.24. The number of likely N-dealkylation sites (N-methyl/N-ethyl adjacent to an activating group) is 1. The van der Waals surface area contributed by atoms with Crippen molar-refractivity contribution >= 4 is 16.2 Å². The van der Waals surface area contributed by atoms with Crippen molar-refractivity contribution < 1.29 is 31.3 Å². The molecule has 10 heteroatoms. The summed E-state index contributed by atoms with van der Waals surface area (Å²) in [6.07, 6.45) is 16.8. The fraction of sp³-hybridized carbons (Fsp3) is 0.870. The molecule has 0 aliphatic carbocycles. The van der Waals surface area contributed by atoms with Crippen molar-refractivity contribution in [1.82, 2.24) is 5.16 Å². The van der Waals surface area contributed by atoms with Gasteiger partial charge in [0.15, 0.2) is 5.76 Å². The highest BCUT2D eigenvalue weighted by Crippen LogP contribution is 2.28. The number of aromatic hydroxyl groups is 1. The van der Waals surface area contributed by atoms with Crippen LogP contribution in [0.25, 0.3) is 0 Å². The topological polar surface area (TPSA) is 125 Å². The number of rotatable bonds is 18. The van der Waals surface area contributed by atoms with Crippen LogP contribution in [0.2, 0.25) is 0 Å². The zero-order valence-corrected chi connectivity index (χ0v) is 22.2. The molecule has 0 spiro atoms. The number of aromatic nitrogens is 1. The molecule has 0 bridgehead atoms. The number of nitrogens with one attached hydrogen (secondary N) is 1. The van der Waals surface area contributed by atoms with Crippen LogP contribution in [0, 0.1) is 0 Å². The standard InChI is InChI=1S/C22H43N3O2.CH4O4S/c1-5-6-7-8-9-10-11-12-13-14-15-16-17-20-21(26)22(24-27-20)23-18-19-25(2,3)4;1-5-6(2,3)4/h5-19H2,1-4H3,(H-,23,24,26);1H3,(H,2,3,4). The molecule has 0 saturated heterocycles. The second-order valence-electron chi connectivity index (χ2n) is 9.46. The Bertz CT molecular complexity index is 702. The first-order chi connectivity index (χ1) is 15.5. The summed E-state index contributed by atoms with van der Waals surface area (Å²) in [5.74, 6) is 1.30. The molecular weight excluding hydrogens is 446 g/mol. The van der Waals surface area contributed by atoms with E-state index in [-0.39, 0.29) is 5.75 Å². The second kappa shape index (κ2) is 18.0. The largest absolute Gasteiger partial charge is 0.726 e. The summed E-state index contributed by atoms with van der Waals surface area (Å²) in [5, 5.41) is 17.3. The molecule has 1 aromatic rings. The molecule has 33 heavy (non-hydrogen) atoms. The molecule has 0 amide bonds. The van der Waals surface area contributed by atoms with Crippen LogP contribution in [0.5, 0.6) is 5.75 Å². The van der Waals surface area contributed by atoms with Gasteiger partial charge < -0.3 is 24.0 Å². The molecule has 0 aliphatic rings. The van der Waals surface area contributed by atoms with Gasteiger partial charge in [-0.15, -0.1) is 0 Å². The lowest BCUT2D eigenvalue weighted by Gasteiger charge is -2.23. The fourth-order valence-electron chi connectivity index (χ4n) is 3.24. The Morgan fingerprint density at radius 3 is 1.85 bits per heavy atom. The first-order valence-electron chi connectivity index (χ1n) is 12.2. The van der Waals surface area contributed by atoms with Crippen molar-refractivity contribution in [2.45, 2.75) is 90.4 Å². The molecular formula is C23H47N3O6S. The van der Waals surface area contributed by atoms with Crippen LogP contribution in [-0.4, -0.2) is 69.1 Å². The molecule has 2 N–H and O–H groups in total. The van der Waals surface area contributed by atoms with Crippen molar-refractivity contribution in [2.24, 2.45) is 0 Å². The molecule has 1 aromatic heterocycles. The predicted octanol–water partition coefficient (Wildman–Crippen LogP) is 4.83. The van der Waals surface area contributed by atoms with Crippen molar-refractivity contribution in [3.63, 3.8) is 0 Å². The summed E-state index contributed by atoms with van der Waals surface area (Å²) in [6.45, 7) is 4.00. The first-order valence-corrected chi connectivity index (χ1v) is 13.6. The number of anilines is 1. The van der Waals surface area contributed by atoms with E-state index < -0.39 is 10.4 Å². The molecule has 196 valence electrons. The second-order valence-corrected chi connectivity index (χ2v) is 10.6. The Kier molecular flexibility index (Phi) is 17.3. The van der Waals surface area contributed by atoms with Crippen LogP contribution in [0.1, 0.15) is 89.7 Å². The third-order valence-electron chi connectivity index (χ3n) is 5.27. The third-order valence-corrected chi connectivity index (χ3v) is 5.68. The van der Waals surface area contributed by atoms with Gasteiger partial charge in [-0.25, -0.2) is 8.42 Å². The van der Waals surface area contributed by atoms with Gasteiger partial charge in [-0.05, 0) is 6.42 Å². The van der Waals surface area contributed by atoms with Gasteiger partial charge in [-0.2, -0.15) is 0 Å².